The van der Waals surface area contributed by atoms with Gasteiger partial charge in [-0.1, -0.05) is 18.2 Å². The lowest BCUT2D eigenvalue weighted by molar-refractivity contribution is -0.135. The van der Waals surface area contributed by atoms with Gasteiger partial charge in [-0.2, -0.15) is 0 Å². The summed E-state index contributed by atoms with van der Waals surface area (Å²) in [7, 11) is 4.05. The average Bonchev–Trinajstić information content (AvgIpc) is 3.38. The first-order valence-electron chi connectivity index (χ1n) is 9.04. The number of benzene rings is 1. The Labute approximate surface area is 149 Å². The smallest absolute Gasteiger partial charge is 0.237 e. The maximum Gasteiger partial charge on any atom is 0.237 e. The molecule has 25 heavy (non-hydrogen) atoms. The van der Waals surface area contributed by atoms with Gasteiger partial charge in [0.2, 0.25) is 5.91 Å². The van der Waals surface area contributed by atoms with Crippen LogP contribution in [-0.4, -0.2) is 79.6 Å². The zero-order valence-corrected chi connectivity index (χ0v) is 15.2. The summed E-state index contributed by atoms with van der Waals surface area (Å²) in [5, 5.41) is 0. The molecule has 1 saturated carbocycles. The number of likely N-dealkylation sites (N-methyl/N-ethyl adjacent to an activating group) is 1. The molecular weight excluding hydrogens is 321 g/mol. The normalized spacial score (nSPS) is 21.5. The Morgan fingerprint density at radius 1 is 1.32 bits per heavy atom. The van der Waals surface area contributed by atoms with E-state index in [2.05, 4.69) is 9.80 Å². The summed E-state index contributed by atoms with van der Waals surface area (Å²) >= 11 is 0. The highest BCUT2D eigenvalue weighted by molar-refractivity contribution is 5.79. The van der Waals surface area contributed by atoms with Crippen LogP contribution in [0.25, 0.3) is 0 Å². The zero-order valence-electron chi connectivity index (χ0n) is 15.2. The van der Waals surface area contributed by atoms with Crippen LogP contribution < -0.4 is 0 Å². The van der Waals surface area contributed by atoms with Crippen LogP contribution >= 0.6 is 0 Å². The van der Waals surface area contributed by atoms with Gasteiger partial charge in [0.05, 0.1) is 19.3 Å². The van der Waals surface area contributed by atoms with Crippen molar-refractivity contribution >= 4 is 5.91 Å². The lowest BCUT2D eigenvalue weighted by atomic mass is 10.2. The lowest BCUT2D eigenvalue weighted by Crippen LogP contribution is -2.50. The molecular formula is C19H28FN3O2. The SMILES string of the molecule is CN(C)C[C@H]1CN(CC(=O)N(Cc2ccccc2F)C2CC2)CCO1. The monoisotopic (exact) mass is 349 g/mol. The molecule has 1 aromatic carbocycles. The van der Waals surface area contributed by atoms with Crippen molar-refractivity contribution in [2.75, 3.05) is 46.9 Å². The fourth-order valence-corrected chi connectivity index (χ4v) is 3.34. The van der Waals surface area contributed by atoms with Crippen LogP contribution in [0.3, 0.4) is 0 Å². The molecule has 0 aromatic heterocycles. The second kappa shape index (κ2) is 8.25. The first kappa shape index (κ1) is 18.3. The Morgan fingerprint density at radius 2 is 2.08 bits per heavy atom. The number of ether oxygens (including phenoxy) is 1. The Morgan fingerprint density at radius 3 is 2.76 bits per heavy atom. The fourth-order valence-electron chi connectivity index (χ4n) is 3.34. The third kappa shape index (κ3) is 5.23. The molecule has 0 bridgehead atoms. The van der Waals surface area contributed by atoms with E-state index in [1.165, 1.54) is 6.07 Å². The molecule has 0 N–H and O–H groups in total. The number of morpholine rings is 1. The zero-order chi connectivity index (χ0) is 17.8. The fraction of sp³-hybridized carbons (Fsp3) is 0.632. The maximum atomic E-state index is 14.0. The number of nitrogens with zero attached hydrogens (tertiary/aromatic N) is 3. The van der Waals surface area contributed by atoms with Crippen molar-refractivity contribution in [3.63, 3.8) is 0 Å². The topological polar surface area (TPSA) is 36.0 Å². The van der Waals surface area contributed by atoms with Crippen molar-refractivity contribution in [3.8, 4) is 0 Å². The third-order valence-corrected chi connectivity index (χ3v) is 4.76. The molecule has 1 saturated heterocycles. The average molecular weight is 349 g/mol. The molecule has 0 unspecified atom stereocenters. The standard InChI is InChI=1S/C19H28FN3O2/c1-21(2)12-17-13-22(9-10-25-17)14-19(24)23(16-7-8-16)11-15-5-3-4-6-18(15)20/h3-6,16-17H,7-14H2,1-2H3/t17-/m0/s1. The summed E-state index contributed by atoms with van der Waals surface area (Å²) < 4.78 is 19.7. The molecule has 138 valence electrons. The van der Waals surface area contributed by atoms with Gasteiger partial charge in [-0.3, -0.25) is 9.69 Å². The Hall–Kier alpha value is -1.50. The molecule has 0 radical (unpaired) electrons. The van der Waals surface area contributed by atoms with Gasteiger partial charge in [-0.05, 0) is 33.0 Å². The van der Waals surface area contributed by atoms with E-state index in [1.807, 2.05) is 25.1 Å². The van der Waals surface area contributed by atoms with E-state index >= 15 is 0 Å². The van der Waals surface area contributed by atoms with Gasteiger partial charge in [-0.25, -0.2) is 4.39 Å². The van der Waals surface area contributed by atoms with Crippen LogP contribution in [0.1, 0.15) is 18.4 Å². The molecule has 6 heteroatoms. The summed E-state index contributed by atoms with van der Waals surface area (Å²) in [6.07, 6.45) is 2.18. The van der Waals surface area contributed by atoms with Crippen molar-refractivity contribution < 1.29 is 13.9 Å². The molecule has 5 nitrogen and oxygen atoms in total. The molecule has 1 heterocycles. The van der Waals surface area contributed by atoms with E-state index < -0.39 is 0 Å². The van der Waals surface area contributed by atoms with Crippen molar-refractivity contribution in [1.29, 1.82) is 0 Å². The molecule has 2 aliphatic rings. The number of hydrogen-bond acceptors (Lipinski definition) is 4. The Balaban J connectivity index is 1.59. The van der Waals surface area contributed by atoms with E-state index in [1.54, 1.807) is 12.1 Å². The Kier molecular flexibility index (Phi) is 6.04. The highest BCUT2D eigenvalue weighted by Gasteiger charge is 2.34. The summed E-state index contributed by atoms with van der Waals surface area (Å²) in [4.78, 5) is 19.0. The van der Waals surface area contributed by atoms with Crippen molar-refractivity contribution in [1.82, 2.24) is 14.7 Å². The second-order valence-electron chi connectivity index (χ2n) is 7.33. The predicted molar refractivity (Wildman–Crippen MR) is 94.7 cm³/mol. The van der Waals surface area contributed by atoms with Gasteiger partial charge < -0.3 is 14.5 Å². The summed E-state index contributed by atoms with van der Waals surface area (Å²) in [5.74, 6) is -0.144. The molecule has 0 spiro atoms. The predicted octanol–water partition coefficient (Wildman–Crippen LogP) is 1.58. The lowest BCUT2D eigenvalue weighted by Gasteiger charge is -2.35. The van der Waals surface area contributed by atoms with Crippen molar-refractivity contribution in [3.05, 3.63) is 35.6 Å². The van der Waals surface area contributed by atoms with E-state index in [0.717, 1.165) is 32.5 Å². The highest BCUT2D eigenvalue weighted by Crippen LogP contribution is 2.29. The number of amides is 1. The molecule has 3 rings (SSSR count). The second-order valence-corrected chi connectivity index (χ2v) is 7.33. The maximum absolute atomic E-state index is 14.0. The summed E-state index contributed by atoms with van der Waals surface area (Å²) in [6, 6.07) is 6.99. The number of carbonyl (C=O) groups is 1. The van der Waals surface area contributed by atoms with E-state index in [9.17, 15) is 9.18 Å². The van der Waals surface area contributed by atoms with Crippen LogP contribution in [0.2, 0.25) is 0 Å². The molecule has 1 atom stereocenters. The number of carbonyl (C=O) groups excluding carboxylic acids is 1. The summed E-state index contributed by atoms with van der Waals surface area (Å²) in [5.41, 5.74) is 0.593. The van der Waals surface area contributed by atoms with Gasteiger partial charge in [0, 0.05) is 37.8 Å². The molecule has 1 amide bonds. The molecule has 1 aliphatic carbocycles. The largest absolute Gasteiger partial charge is 0.374 e. The first-order valence-corrected chi connectivity index (χ1v) is 9.04. The highest BCUT2D eigenvalue weighted by atomic mass is 19.1. The first-order chi connectivity index (χ1) is 12.0. The van der Waals surface area contributed by atoms with Crippen LogP contribution in [0.15, 0.2) is 24.3 Å². The van der Waals surface area contributed by atoms with E-state index in [4.69, 9.17) is 4.74 Å². The van der Waals surface area contributed by atoms with Crippen molar-refractivity contribution in [2.24, 2.45) is 0 Å². The van der Waals surface area contributed by atoms with E-state index in [0.29, 0.717) is 25.3 Å². The van der Waals surface area contributed by atoms with Crippen molar-refractivity contribution in [2.45, 2.75) is 31.5 Å². The van der Waals surface area contributed by atoms with Crippen LogP contribution in [0, 0.1) is 5.82 Å². The van der Waals surface area contributed by atoms with Gasteiger partial charge >= 0.3 is 0 Å². The number of hydrogen-bond donors (Lipinski definition) is 0. The van der Waals surface area contributed by atoms with E-state index in [-0.39, 0.29) is 23.9 Å². The van der Waals surface area contributed by atoms with Crippen LogP contribution in [0.5, 0.6) is 0 Å². The number of rotatable bonds is 7. The van der Waals surface area contributed by atoms with Gasteiger partial charge in [-0.15, -0.1) is 0 Å². The van der Waals surface area contributed by atoms with Gasteiger partial charge in [0.15, 0.2) is 0 Å². The number of halogens is 1. The van der Waals surface area contributed by atoms with Crippen LogP contribution in [0.4, 0.5) is 4.39 Å². The van der Waals surface area contributed by atoms with Gasteiger partial charge in [0.25, 0.3) is 0 Å². The van der Waals surface area contributed by atoms with Gasteiger partial charge in [0.1, 0.15) is 5.82 Å². The minimum Gasteiger partial charge on any atom is -0.374 e. The molecule has 1 aliphatic heterocycles. The molecule has 2 fully saturated rings. The summed E-state index contributed by atoms with van der Waals surface area (Å²) in [6.45, 7) is 3.80. The minimum absolute atomic E-state index is 0.0938. The quantitative estimate of drug-likeness (QED) is 0.749. The minimum atomic E-state index is -0.238. The third-order valence-electron chi connectivity index (χ3n) is 4.76. The van der Waals surface area contributed by atoms with Crippen LogP contribution in [-0.2, 0) is 16.1 Å². The molecule has 1 aromatic rings. The Bertz CT molecular complexity index is 592.